The Kier molecular flexibility index (Phi) is 5.13. The molecular formula is C20H21N5O4. The number of hydrogen-bond acceptors (Lipinski definition) is 6. The summed E-state index contributed by atoms with van der Waals surface area (Å²) in [5.41, 5.74) is 2.79. The Bertz CT molecular complexity index is 1050. The average Bonchev–Trinajstić information content (AvgIpc) is 3.00. The molecule has 1 saturated heterocycles. The van der Waals surface area contributed by atoms with Crippen molar-refractivity contribution in [3.63, 3.8) is 0 Å². The van der Waals surface area contributed by atoms with Crippen molar-refractivity contribution < 1.29 is 14.8 Å². The van der Waals surface area contributed by atoms with E-state index in [-0.39, 0.29) is 5.69 Å². The number of anilines is 1. The second kappa shape index (κ2) is 7.88. The predicted molar refractivity (Wildman–Crippen MR) is 108 cm³/mol. The number of hydrogen-bond donors (Lipinski definition) is 2. The van der Waals surface area contributed by atoms with Crippen LogP contribution in [0.1, 0.15) is 22.3 Å². The number of carbonyl (C=O) groups is 1. The Morgan fingerprint density at radius 2 is 1.93 bits per heavy atom. The van der Waals surface area contributed by atoms with Crippen LogP contribution in [0.5, 0.6) is 0 Å². The van der Waals surface area contributed by atoms with Crippen LogP contribution in [0.4, 0.5) is 11.6 Å². The summed E-state index contributed by atoms with van der Waals surface area (Å²) in [6.07, 6.45) is 0.963. The van der Waals surface area contributed by atoms with E-state index in [1.165, 1.54) is 12.1 Å². The van der Waals surface area contributed by atoms with Gasteiger partial charge in [0.2, 0.25) is 5.95 Å². The molecule has 2 aromatic carbocycles. The van der Waals surface area contributed by atoms with Gasteiger partial charge in [-0.3, -0.25) is 15.0 Å². The van der Waals surface area contributed by atoms with Crippen LogP contribution in [0.3, 0.4) is 0 Å². The molecule has 4 rings (SSSR count). The van der Waals surface area contributed by atoms with Crippen molar-refractivity contribution >= 4 is 28.6 Å². The predicted octanol–water partition coefficient (Wildman–Crippen LogP) is 2.88. The molecule has 9 heteroatoms. The third-order valence-corrected chi connectivity index (χ3v) is 5.16. The van der Waals surface area contributed by atoms with Crippen molar-refractivity contribution in [2.24, 2.45) is 0 Å². The zero-order valence-electron chi connectivity index (χ0n) is 15.7. The Labute approximate surface area is 166 Å². The fraction of sp³-hybridized carbons (Fsp3) is 0.300. The Balaban J connectivity index is 1.42. The topological polar surface area (TPSA) is 116 Å². The zero-order valence-corrected chi connectivity index (χ0v) is 15.7. The molecular weight excluding hydrogens is 374 g/mol. The highest BCUT2D eigenvalue weighted by atomic mass is 16.6. The van der Waals surface area contributed by atoms with Crippen molar-refractivity contribution in [1.82, 2.24) is 14.9 Å². The van der Waals surface area contributed by atoms with E-state index < -0.39 is 10.9 Å². The molecule has 0 saturated carbocycles. The summed E-state index contributed by atoms with van der Waals surface area (Å²) in [4.78, 5) is 33.8. The molecule has 9 nitrogen and oxygen atoms in total. The van der Waals surface area contributed by atoms with Crippen LogP contribution in [0, 0.1) is 10.1 Å². The Morgan fingerprint density at radius 3 is 2.66 bits per heavy atom. The maximum atomic E-state index is 11.0. The summed E-state index contributed by atoms with van der Waals surface area (Å²) >= 11 is 0. The molecule has 0 aliphatic carbocycles. The number of carboxylic acid groups (broad SMARTS) is 1. The lowest BCUT2D eigenvalue weighted by Crippen LogP contribution is -2.31. The van der Waals surface area contributed by atoms with Gasteiger partial charge in [0.25, 0.3) is 5.69 Å². The van der Waals surface area contributed by atoms with Gasteiger partial charge in [0.15, 0.2) is 0 Å². The number of fused-ring (bicyclic) bond motifs is 1. The van der Waals surface area contributed by atoms with Crippen LogP contribution in [-0.2, 0) is 6.54 Å². The minimum Gasteiger partial charge on any atom is -0.478 e. The number of H-pyrrole nitrogens is 1. The summed E-state index contributed by atoms with van der Waals surface area (Å²) in [6.45, 7) is 4.17. The number of nitro groups is 1. The van der Waals surface area contributed by atoms with E-state index in [0.717, 1.165) is 50.7 Å². The highest BCUT2D eigenvalue weighted by Crippen LogP contribution is 2.23. The third-order valence-electron chi connectivity index (χ3n) is 5.16. The lowest BCUT2D eigenvalue weighted by atomic mass is 10.1. The smallest absolute Gasteiger partial charge is 0.335 e. The molecule has 0 amide bonds. The standard InChI is InChI=1S/C20H21N5O4/c26-19(27)15-4-2-14(3-5-15)13-23-8-1-9-24(11-10-23)20-21-17-7-6-16(25(28)29)12-18(17)22-20/h2-7,12H,1,8-11,13H2,(H,21,22)(H,26,27). The molecule has 1 aliphatic heterocycles. The Morgan fingerprint density at radius 1 is 1.14 bits per heavy atom. The van der Waals surface area contributed by atoms with Gasteiger partial charge in [0.05, 0.1) is 21.5 Å². The lowest BCUT2D eigenvalue weighted by molar-refractivity contribution is -0.384. The van der Waals surface area contributed by atoms with Gasteiger partial charge < -0.3 is 15.0 Å². The monoisotopic (exact) mass is 395 g/mol. The molecule has 0 radical (unpaired) electrons. The number of nitrogens with zero attached hydrogens (tertiary/aromatic N) is 4. The number of nitrogens with one attached hydrogen (secondary N) is 1. The number of aromatic carboxylic acids is 1. The molecule has 0 atom stereocenters. The third kappa shape index (κ3) is 4.19. The SMILES string of the molecule is O=C(O)c1ccc(CN2CCCN(c3nc4ccc([N+](=O)[O-])cc4[nH]3)CC2)cc1. The van der Waals surface area contributed by atoms with E-state index in [0.29, 0.717) is 16.6 Å². The molecule has 2 heterocycles. The molecule has 2 N–H and O–H groups in total. The van der Waals surface area contributed by atoms with E-state index in [1.54, 1.807) is 18.2 Å². The molecule has 1 aromatic heterocycles. The first-order valence-electron chi connectivity index (χ1n) is 9.43. The summed E-state index contributed by atoms with van der Waals surface area (Å²) in [5.74, 6) is -0.189. The van der Waals surface area contributed by atoms with Crippen molar-refractivity contribution in [1.29, 1.82) is 0 Å². The summed E-state index contributed by atoms with van der Waals surface area (Å²) in [5, 5.41) is 20.0. The van der Waals surface area contributed by atoms with Crippen LogP contribution in [-0.4, -0.2) is 57.0 Å². The van der Waals surface area contributed by atoms with Gasteiger partial charge in [-0.25, -0.2) is 9.78 Å². The largest absolute Gasteiger partial charge is 0.478 e. The molecule has 3 aromatic rings. The number of rotatable bonds is 5. The van der Waals surface area contributed by atoms with Crippen LogP contribution in [0.25, 0.3) is 11.0 Å². The van der Waals surface area contributed by atoms with E-state index in [9.17, 15) is 14.9 Å². The molecule has 1 aliphatic rings. The van der Waals surface area contributed by atoms with E-state index in [4.69, 9.17) is 5.11 Å². The highest BCUT2D eigenvalue weighted by Gasteiger charge is 2.19. The number of benzene rings is 2. The van der Waals surface area contributed by atoms with Crippen molar-refractivity contribution in [2.75, 3.05) is 31.1 Å². The van der Waals surface area contributed by atoms with Gasteiger partial charge >= 0.3 is 5.97 Å². The first-order valence-corrected chi connectivity index (χ1v) is 9.43. The molecule has 1 fully saturated rings. The van der Waals surface area contributed by atoms with Crippen molar-refractivity contribution in [2.45, 2.75) is 13.0 Å². The van der Waals surface area contributed by atoms with Gasteiger partial charge in [-0.1, -0.05) is 12.1 Å². The van der Waals surface area contributed by atoms with Crippen LogP contribution in [0.2, 0.25) is 0 Å². The maximum absolute atomic E-state index is 11.0. The van der Waals surface area contributed by atoms with Gasteiger partial charge in [-0.2, -0.15) is 0 Å². The van der Waals surface area contributed by atoms with Crippen LogP contribution in [0.15, 0.2) is 42.5 Å². The minimum atomic E-state index is -0.918. The van der Waals surface area contributed by atoms with Crippen molar-refractivity contribution in [3.8, 4) is 0 Å². The molecule has 0 bridgehead atoms. The second-order valence-corrected chi connectivity index (χ2v) is 7.14. The minimum absolute atomic E-state index is 0.0451. The summed E-state index contributed by atoms with van der Waals surface area (Å²) in [7, 11) is 0. The summed E-state index contributed by atoms with van der Waals surface area (Å²) < 4.78 is 0. The van der Waals surface area contributed by atoms with E-state index >= 15 is 0 Å². The number of non-ortho nitro benzene ring substituents is 1. The average molecular weight is 395 g/mol. The van der Waals surface area contributed by atoms with E-state index in [2.05, 4.69) is 19.8 Å². The highest BCUT2D eigenvalue weighted by molar-refractivity contribution is 5.87. The van der Waals surface area contributed by atoms with Gasteiger partial charge in [-0.05, 0) is 30.2 Å². The Hall–Kier alpha value is -3.46. The maximum Gasteiger partial charge on any atom is 0.335 e. The van der Waals surface area contributed by atoms with Gasteiger partial charge in [-0.15, -0.1) is 0 Å². The molecule has 0 unspecified atom stereocenters. The van der Waals surface area contributed by atoms with Crippen molar-refractivity contribution in [3.05, 3.63) is 63.7 Å². The molecule has 0 spiro atoms. The number of aromatic nitrogens is 2. The quantitative estimate of drug-likeness (QED) is 0.504. The number of nitro benzene ring substituents is 1. The zero-order chi connectivity index (χ0) is 20.4. The number of aromatic amines is 1. The second-order valence-electron chi connectivity index (χ2n) is 7.14. The van der Waals surface area contributed by atoms with Crippen LogP contribution < -0.4 is 4.90 Å². The first kappa shape index (κ1) is 18.9. The molecule has 29 heavy (non-hydrogen) atoms. The lowest BCUT2D eigenvalue weighted by Gasteiger charge is -2.21. The fourth-order valence-electron chi connectivity index (χ4n) is 3.60. The van der Waals surface area contributed by atoms with Gasteiger partial charge in [0.1, 0.15) is 0 Å². The van der Waals surface area contributed by atoms with Gasteiger partial charge in [0, 0.05) is 44.9 Å². The molecule has 150 valence electrons. The van der Waals surface area contributed by atoms with Crippen LogP contribution >= 0.6 is 0 Å². The first-order chi connectivity index (χ1) is 14.0. The van der Waals surface area contributed by atoms with E-state index in [1.807, 2.05) is 12.1 Å². The normalized spacial score (nSPS) is 15.4. The number of imidazole rings is 1. The fourth-order valence-corrected chi connectivity index (χ4v) is 3.60. The number of carboxylic acids is 1. The summed E-state index contributed by atoms with van der Waals surface area (Å²) in [6, 6.07) is 11.6.